The second-order valence-electron chi connectivity index (χ2n) is 6.58. The number of carbonyl (C=O) groups is 1. The van der Waals surface area contributed by atoms with Crippen LogP contribution in [0.25, 0.3) is 10.9 Å². The van der Waals surface area contributed by atoms with E-state index in [2.05, 4.69) is 21.6 Å². The summed E-state index contributed by atoms with van der Waals surface area (Å²) in [5, 5.41) is 1.03. The smallest absolute Gasteiger partial charge is 0.256 e. The normalized spacial score (nSPS) is 22.7. The number of pyridine rings is 1. The number of carbonyl (C=O) groups excluding carboxylic acids is 1. The molecule has 0 spiro atoms. The number of nitrogens with zero attached hydrogens (tertiary/aromatic N) is 3. The highest BCUT2D eigenvalue weighted by molar-refractivity contribution is 7.99. The molecule has 4 nitrogen and oxygen atoms in total. The number of hydrogen-bond acceptors (Lipinski definition) is 4. The highest BCUT2D eigenvalue weighted by Crippen LogP contribution is 2.24. The van der Waals surface area contributed by atoms with Crippen LogP contribution in [0.2, 0.25) is 0 Å². The van der Waals surface area contributed by atoms with Crippen molar-refractivity contribution < 1.29 is 4.79 Å². The Morgan fingerprint density at radius 3 is 2.92 bits per heavy atom. The minimum atomic E-state index is 0.127. The first-order chi connectivity index (χ1) is 11.8. The van der Waals surface area contributed by atoms with Crippen molar-refractivity contribution in [1.29, 1.82) is 0 Å². The first-order valence-corrected chi connectivity index (χ1v) is 9.93. The molecular formula is C19H23N3OS. The number of aromatic nitrogens is 1. The van der Waals surface area contributed by atoms with E-state index in [1.165, 1.54) is 17.9 Å². The molecular weight excluding hydrogens is 318 g/mol. The lowest BCUT2D eigenvalue weighted by Gasteiger charge is -2.26. The first-order valence-electron chi connectivity index (χ1n) is 8.78. The van der Waals surface area contributed by atoms with Crippen LogP contribution in [-0.2, 0) is 0 Å². The summed E-state index contributed by atoms with van der Waals surface area (Å²) in [5.74, 6) is 2.66. The SMILES string of the molecule is O=C(c1cccc2cccnc12)N1CCCN(C2CCSC2)CC1. The molecule has 2 aliphatic heterocycles. The summed E-state index contributed by atoms with van der Waals surface area (Å²) in [4.78, 5) is 22.1. The predicted octanol–water partition coefficient (Wildman–Crippen LogP) is 2.89. The third-order valence-electron chi connectivity index (χ3n) is 5.10. The molecule has 24 heavy (non-hydrogen) atoms. The molecule has 126 valence electrons. The van der Waals surface area contributed by atoms with Gasteiger partial charge in [-0.15, -0.1) is 0 Å². The summed E-state index contributed by atoms with van der Waals surface area (Å²) in [6, 6.07) is 10.5. The van der Waals surface area contributed by atoms with E-state index in [1.54, 1.807) is 6.20 Å². The van der Waals surface area contributed by atoms with Crippen LogP contribution in [0, 0.1) is 0 Å². The molecule has 0 N–H and O–H groups in total. The van der Waals surface area contributed by atoms with E-state index in [4.69, 9.17) is 0 Å². The van der Waals surface area contributed by atoms with Gasteiger partial charge >= 0.3 is 0 Å². The predicted molar refractivity (Wildman–Crippen MR) is 99.6 cm³/mol. The fourth-order valence-corrected chi connectivity index (χ4v) is 5.02. The molecule has 2 aliphatic rings. The Morgan fingerprint density at radius 2 is 2.04 bits per heavy atom. The molecule has 1 unspecified atom stereocenters. The molecule has 2 saturated heterocycles. The fourth-order valence-electron chi connectivity index (χ4n) is 3.76. The van der Waals surface area contributed by atoms with Gasteiger partial charge in [-0.05, 0) is 30.7 Å². The first kappa shape index (κ1) is 15.9. The van der Waals surface area contributed by atoms with Gasteiger partial charge in [0.05, 0.1) is 11.1 Å². The van der Waals surface area contributed by atoms with Gasteiger partial charge in [0.15, 0.2) is 0 Å². The van der Waals surface area contributed by atoms with Gasteiger partial charge in [0, 0.05) is 49.6 Å². The van der Waals surface area contributed by atoms with Crippen LogP contribution >= 0.6 is 11.8 Å². The molecule has 1 aromatic heterocycles. The summed E-state index contributed by atoms with van der Waals surface area (Å²) in [6.07, 6.45) is 4.12. The summed E-state index contributed by atoms with van der Waals surface area (Å²) in [5.41, 5.74) is 1.55. The van der Waals surface area contributed by atoms with Gasteiger partial charge in [0.2, 0.25) is 0 Å². The van der Waals surface area contributed by atoms with Crippen molar-refractivity contribution in [2.75, 3.05) is 37.7 Å². The molecule has 1 aromatic carbocycles. The zero-order chi connectivity index (χ0) is 16.4. The summed E-state index contributed by atoms with van der Waals surface area (Å²) < 4.78 is 0. The standard InChI is InChI=1S/C19H23N3OS/c23-19(17-6-1-4-15-5-2-8-20-18(15)17)22-10-3-9-21(11-12-22)16-7-13-24-14-16/h1-2,4-6,8,16H,3,7,9-14H2. The van der Waals surface area contributed by atoms with Gasteiger partial charge in [-0.25, -0.2) is 0 Å². The topological polar surface area (TPSA) is 36.4 Å². The van der Waals surface area contributed by atoms with Crippen LogP contribution in [0.3, 0.4) is 0 Å². The molecule has 1 atom stereocenters. The second-order valence-corrected chi connectivity index (χ2v) is 7.73. The van der Waals surface area contributed by atoms with E-state index >= 15 is 0 Å². The molecule has 5 heteroatoms. The van der Waals surface area contributed by atoms with Crippen molar-refractivity contribution in [1.82, 2.24) is 14.8 Å². The summed E-state index contributed by atoms with van der Waals surface area (Å²) >= 11 is 2.06. The number of amides is 1. The van der Waals surface area contributed by atoms with Crippen molar-refractivity contribution in [2.24, 2.45) is 0 Å². The number of benzene rings is 1. The number of thioether (sulfide) groups is 1. The van der Waals surface area contributed by atoms with Crippen molar-refractivity contribution in [3.05, 3.63) is 42.1 Å². The monoisotopic (exact) mass is 341 g/mol. The van der Waals surface area contributed by atoms with Crippen LogP contribution in [0.4, 0.5) is 0 Å². The van der Waals surface area contributed by atoms with Crippen molar-refractivity contribution in [3.8, 4) is 0 Å². The minimum absolute atomic E-state index is 0.127. The van der Waals surface area contributed by atoms with Gasteiger partial charge < -0.3 is 4.90 Å². The minimum Gasteiger partial charge on any atom is -0.337 e. The molecule has 2 aromatic rings. The zero-order valence-corrected chi connectivity index (χ0v) is 14.7. The van der Waals surface area contributed by atoms with Gasteiger partial charge in [0.1, 0.15) is 0 Å². The largest absolute Gasteiger partial charge is 0.337 e. The third-order valence-corrected chi connectivity index (χ3v) is 6.25. The molecule has 3 heterocycles. The Bertz CT molecular complexity index is 724. The van der Waals surface area contributed by atoms with E-state index in [0.29, 0.717) is 6.04 Å². The average molecular weight is 341 g/mol. The molecule has 2 fully saturated rings. The van der Waals surface area contributed by atoms with Gasteiger partial charge in [0.25, 0.3) is 5.91 Å². The van der Waals surface area contributed by atoms with Crippen LogP contribution in [0.15, 0.2) is 36.5 Å². The van der Waals surface area contributed by atoms with Gasteiger partial charge in [-0.3, -0.25) is 14.7 Å². The summed E-state index contributed by atoms with van der Waals surface area (Å²) in [6.45, 7) is 3.78. The average Bonchev–Trinajstić information content (AvgIpc) is 3.05. The highest BCUT2D eigenvalue weighted by Gasteiger charge is 2.27. The van der Waals surface area contributed by atoms with Crippen LogP contribution < -0.4 is 0 Å². The number of rotatable bonds is 2. The maximum Gasteiger partial charge on any atom is 0.256 e. The number of para-hydroxylation sites is 1. The molecule has 4 rings (SSSR count). The van der Waals surface area contributed by atoms with E-state index in [1.807, 2.05) is 35.2 Å². The van der Waals surface area contributed by atoms with E-state index in [9.17, 15) is 4.79 Å². The van der Waals surface area contributed by atoms with Crippen molar-refractivity contribution in [3.63, 3.8) is 0 Å². The van der Waals surface area contributed by atoms with Crippen LogP contribution in [0.5, 0.6) is 0 Å². The zero-order valence-electron chi connectivity index (χ0n) is 13.9. The Balaban J connectivity index is 1.51. The Morgan fingerprint density at radius 1 is 1.12 bits per heavy atom. The van der Waals surface area contributed by atoms with Gasteiger partial charge in [-0.2, -0.15) is 11.8 Å². The van der Waals surface area contributed by atoms with E-state index < -0.39 is 0 Å². The molecule has 0 bridgehead atoms. The molecule has 0 aliphatic carbocycles. The lowest BCUT2D eigenvalue weighted by Crippen LogP contribution is -2.39. The molecule has 0 radical (unpaired) electrons. The van der Waals surface area contributed by atoms with E-state index in [0.717, 1.165) is 49.1 Å². The van der Waals surface area contributed by atoms with Crippen molar-refractivity contribution in [2.45, 2.75) is 18.9 Å². The maximum atomic E-state index is 13.1. The lowest BCUT2D eigenvalue weighted by molar-refractivity contribution is 0.0760. The summed E-state index contributed by atoms with van der Waals surface area (Å²) in [7, 11) is 0. The second kappa shape index (κ2) is 7.11. The van der Waals surface area contributed by atoms with Crippen LogP contribution in [-0.4, -0.2) is 64.4 Å². The van der Waals surface area contributed by atoms with Crippen LogP contribution in [0.1, 0.15) is 23.2 Å². The van der Waals surface area contributed by atoms with E-state index in [-0.39, 0.29) is 5.91 Å². The molecule has 1 amide bonds. The fraction of sp³-hybridized carbons (Fsp3) is 0.474. The third kappa shape index (κ3) is 3.15. The van der Waals surface area contributed by atoms with Gasteiger partial charge in [-0.1, -0.05) is 18.2 Å². The molecule has 0 saturated carbocycles. The lowest BCUT2D eigenvalue weighted by atomic mass is 10.1. The van der Waals surface area contributed by atoms with Crippen molar-refractivity contribution >= 4 is 28.6 Å². The number of fused-ring (bicyclic) bond motifs is 1. The number of hydrogen-bond donors (Lipinski definition) is 0. The Hall–Kier alpha value is -1.59. The maximum absolute atomic E-state index is 13.1. The highest BCUT2D eigenvalue weighted by atomic mass is 32.2. The Kier molecular flexibility index (Phi) is 4.72. The quantitative estimate of drug-likeness (QED) is 0.842. The Labute approximate surface area is 147 Å².